The lowest BCUT2D eigenvalue weighted by molar-refractivity contribution is -0.135. The lowest BCUT2D eigenvalue weighted by Crippen LogP contribution is -2.43. The molecule has 0 saturated carbocycles. The van der Waals surface area contributed by atoms with E-state index in [2.05, 4.69) is 15.0 Å². The van der Waals surface area contributed by atoms with E-state index in [1.807, 2.05) is 6.07 Å². The molecule has 1 aliphatic rings. The zero-order valence-corrected chi connectivity index (χ0v) is 15.1. The molecule has 3 aromatic rings. The molecule has 0 saturated heterocycles. The minimum atomic E-state index is -0.695. The summed E-state index contributed by atoms with van der Waals surface area (Å²) in [6.45, 7) is 4.08. The quantitative estimate of drug-likeness (QED) is 0.728. The van der Waals surface area contributed by atoms with Crippen LogP contribution in [0.25, 0.3) is 10.9 Å². The fraction of sp³-hybridized carbons (Fsp3) is 0.316. The first kappa shape index (κ1) is 17.1. The molecule has 2 aromatic heterocycles. The van der Waals surface area contributed by atoms with Crippen LogP contribution in [-0.2, 0) is 17.8 Å². The third-order valence-electron chi connectivity index (χ3n) is 4.97. The topological polar surface area (TPSA) is 101 Å². The predicted octanol–water partition coefficient (Wildman–Crippen LogP) is 0.934. The summed E-state index contributed by atoms with van der Waals surface area (Å²) in [5.41, 5.74) is 1.45. The average Bonchev–Trinajstić information content (AvgIpc) is 2.67. The van der Waals surface area contributed by atoms with Crippen molar-refractivity contribution in [3.05, 3.63) is 68.4 Å². The third-order valence-corrected chi connectivity index (χ3v) is 4.97. The molecule has 27 heavy (non-hydrogen) atoms. The monoisotopic (exact) mass is 365 g/mol. The van der Waals surface area contributed by atoms with Gasteiger partial charge in [-0.05, 0) is 32.4 Å². The smallest absolute Gasteiger partial charge is 0.261 e. The van der Waals surface area contributed by atoms with Crippen molar-refractivity contribution in [2.45, 2.75) is 32.9 Å². The van der Waals surface area contributed by atoms with Crippen LogP contribution in [-0.4, -0.2) is 36.9 Å². The summed E-state index contributed by atoms with van der Waals surface area (Å²) in [4.78, 5) is 50.7. The molecule has 1 atom stereocenters. The number of aromatic nitrogens is 4. The molecule has 8 heteroatoms. The largest absolute Gasteiger partial charge is 0.335 e. The number of fused-ring (bicyclic) bond motifs is 2. The van der Waals surface area contributed by atoms with Gasteiger partial charge in [-0.15, -0.1) is 0 Å². The Balaban J connectivity index is 1.64. The van der Waals surface area contributed by atoms with E-state index in [-0.39, 0.29) is 23.6 Å². The zero-order valence-electron chi connectivity index (χ0n) is 15.1. The molecular formula is C19H19N5O3. The fourth-order valence-electron chi connectivity index (χ4n) is 3.49. The summed E-state index contributed by atoms with van der Waals surface area (Å²) in [6.07, 6.45) is 1.86. The van der Waals surface area contributed by atoms with Crippen LogP contribution >= 0.6 is 0 Å². The molecule has 1 unspecified atom stereocenters. The van der Waals surface area contributed by atoms with E-state index >= 15 is 0 Å². The molecule has 0 spiro atoms. The molecule has 0 fully saturated rings. The van der Waals surface area contributed by atoms with Gasteiger partial charge in [0.15, 0.2) is 0 Å². The molecule has 138 valence electrons. The second kappa shape index (κ2) is 6.46. The number of para-hydroxylation sites is 1. The Morgan fingerprint density at radius 3 is 2.85 bits per heavy atom. The van der Waals surface area contributed by atoms with E-state index < -0.39 is 6.04 Å². The highest BCUT2D eigenvalue weighted by Crippen LogP contribution is 2.18. The molecule has 1 amide bonds. The van der Waals surface area contributed by atoms with Gasteiger partial charge in [-0.1, -0.05) is 12.1 Å². The van der Waals surface area contributed by atoms with E-state index in [4.69, 9.17) is 0 Å². The van der Waals surface area contributed by atoms with Gasteiger partial charge in [0, 0.05) is 12.1 Å². The van der Waals surface area contributed by atoms with Crippen molar-refractivity contribution in [1.29, 1.82) is 0 Å². The molecule has 4 rings (SSSR count). The maximum absolute atomic E-state index is 13.0. The van der Waals surface area contributed by atoms with E-state index in [0.29, 0.717) is 41.0 Å². The van der Waals surface area contributed by atoms with Crippen molar-refractivity contribution in [1.82, 2.24) is 24.4 Å². The van der Waals surface area contributed by atoms with Gasteiger partial charge in [-0.25, -0.2) is 9.97 Å². The van der Waals surface area contributed by atoms with Crippen LogP contribution in [0, 0.1) is 6.92 Å². The summed E-state index contributed by atoms with van der Waals surface area (Å²) in [6, 6.07) is 6.36. The SMILES string of the molecule is Cc1nc2c(c(=O)[nH]1)CCN(C(=O)C(C)n1cnc3ccccc3c1=O)C2. The average molecular weight is 365 g/mol. The van der Waals surface area contributed by atoms with Crippen LogP contribution in [0.1, 0.15) is 30.0 Å². The number of rotatable bonds is 2. The molecular weight excluding hydrogens is 346 g/mol. The van der Waals surface area contributed by atoms with Gasteiger partial charge in [-0.2, -0.15) is 0 Å². The molecule has 1 aliphatic heterocycles. The van der Waals surface area contributed by atoms with Gasteiger partial charge < -0.3 is 9.88 Å². The second-order valence-corrected chi connectivity index (χ2v) is 6.74. The summed E-state index contributed by atoms with van der Waals surface area (Å²) < 4.78 is 1.36. The van der Waals surface area contributed by atoms with E-state index in [0.717, 1.165) is 0 Å². The number of hydrogen-bond donors (Lipinski definition) is 1. The molecule has 0 radical (unpaired) electrons. The predicted molar refractivity (Wildman–Crippen MR) is 99.4 cm³/mol. The Morgan fingerprint density at radius 2 is 2.04 bits per heavy atom. The van der Waals surface area contributed by atoms with Crippen LogP contribution in [0.15, 0.2) is 40.2 Å². The van der Waals surface area contributed by atoms with Gasteiger partial charge in [0.1, 0.15) is 11.9 Å². The van der Waals surface area contributed by atoms with Gasteiger partial charge in [-0.3, -0.25) is 19.0 Å². The lowest BCUT2D eigenvalue weighted by atomic mass is 10.1. The number of benzene rings is 1. The van der Waals surface area contributed by atoms with Crippen molar-refractivity contribution in [3.8, 4) is 0 Å². The Labute approximate surface area is 154 Å². The number of H-pyrrole nitrogens is 1. The van der Waals surface area contributed by atoms with Crippen molar-refractivity contribution in [2.75, 3.05) is 6.54 Å². The number of nitrogens with one attached hydrogen (secondary N) is 1. The number of nitrogens with zero attached hydrogens (tertiary/aromatic N) is 4. The van der Waals surface area contributed by atoms with Gasteiger partial charge in [0.2, 0.25) is 5.91 Å². The summed E-state index contributed by atoms with van der Waals surface area (Å²) in [7, 11) is 0. The molecule has 0 bridgehead atoms. The first-order valence-electron chi connectivity index (χ1n) is 8.79. The normalized spacial score (nSPS) is 14.8. The maximum Gasteiger partial charge on any atom is 0.261 e. The maximum atomic E-state index is 13.0. The zero-order chi connectivity index (χ0) is 19.1. The fourth-order valence-corrected chi connectivity index (χ4v) is 3.49. The first-order chi connectivity index (χ1) is 13.0. The summed E-state index contributed by atoms with van der Waals surface area (Å²) >= 11 is 0. The van der Waals surface area contributed by atoms with E-state index in [1.165, 1.54) is 10.9 Å². The van der Waals surface area contributed by atoms with Gasteiger partial charge in [0.05, 0.1) is 29.5 Å². The minimum Gasteiger partial charge on any atom is -0.335 e. The highest BCUT2D eigenvalue weighted by Gasteiger charge is 2.28. The first-order valence-corrected chi connectivity index (χ1v) is 8.79. The van der Waals surface area contributed by atoms with Crippen molar-refractivity contribution in [3.63, 3.8) is 0 Å². The van der Waals surface area contributed by atoms with Gasteiger partial charge in [0.25, 0.3) is 11.1 Å². The Kier molecular flexibility index (Phi) is 4.10. The number of amides is 1. The van der Waals surface area contributed by atoms with Gasteiger partial charge >= 0.3 is 0 Å². The summed E-state index contributed by atoms with van der Waals surface area (Å²) in [5, 5.41) is 0.479. The van der Waals surface area contributed by atoms with Crippen LogP contribution in [0.3, 0.4) is 0 Å². The minimum absolute atomic E-state index is 0.146. The molecule has 1 aromatic carbocycles. The Bertz CT molecular complexity index is 1160. The standard InChI is InChI=1S/C19H19N5O3/c1-11(24-10-20-15-6-4-3-5-14(15)19(24)27)18(26)23-8-7-13-16(9-23)21-12(2)22-17(13)25/h3-6,10-11H,7-9H2,1-2H3,(H,21,22,25). The van der Waals surface area contributed by atoms with Crippen molar-refractivity contribution >= 4 is 16.8 Å². The molecule has 1 N–H and O–H groups in total. The number of hydrogen-bond acceptors (Lipinski definition) is 5. The lowest BCUT2D eigenvalue weighted by Gasteiger charge is -2.30. The highest BCUT2D eigenvalue weighted by atomic mass is 16.2. The van der Waals surface area contributed by atoms with E-state index in [1.54, 1.807) is 36.9 Å². The van der Waals surface area contributed by atoms with E-state index in [9.17, 15) is 14.4 Å². The van der Waals surface area contributed by atoms with Crippen LogP contribution < -0.4 is 11.1 Å². The number of carbonyl (C=O) groups excluding carboxylic acids is 1. The number of aryl methyl sites for hydroxylation is 1. The van der Waals surface area contributed by atoms with Crippen LogP contribution in [0.2, 0.25) is 0 Å². The Hall–Kier alpha value is -3.29. The van der Waals surface area contributed by atoms with Crippen molar-refractivity contribution in [2.24, 2.45) is 0 Å². The van der Waals surface area contributed by atoms with Crippen LogP contribution in [0.5, 0.6) is 0 Å². The summed E-state index contributed by atoms with van der Waals surface area (Å²) in [5.74, 6) is 0.329. The molecule has 3 heterocycles. The van der Waals surface area contributed by atoms with Crippen molar-refractivity contribution < 1.29 is 4.79 Å². The second-order valence-electron chi connectivity index (χ2n) is 6.74. The number of carbonyl (C=O) groups is 1. The number of aromatic amines is 1. The third kappa shape index (κ3) is 2.92. The van der Waals surface area contributed by atoms with Crippen LogP contribution in [0.4, 0.5) is 0 Å². The molecule has 8 nitrogen and oxygen atoms in total. The highest BCUT2D eigenvalue weighted by molar-refractivity contribution is 5.81. The molecule has 0 aliphatic carbocycles. The Morgan fingerprint density at radius 1 is 1.26 bits per heavy atom.